The lowest BCUT2D eigenvalue weighted by atomic mass is 10.2. The number of hydrogen-bond donors (Lipinski definition) is 1. The Kier molecular flexibility index (Phi) is 3.99. The number of morpholine rings is 1. The van der Waals surface area contributed by atoms with E-state index in [4.69, 9.17) is 22.7 Å². The summed E-state index contributed by atoms with van der Waals surface area (Å²) >= 11 is 6.44. The second-order valence-corrected chi connectivity index (χ2v) is 6.09. The molecule has 1 amide bonds. The Morgan fingerprint density at radius 3 is 2.89 bits per heavy atom. The highest BCUT2D eigenvalue weighted by molar-refractivity contribution is 7.80. The Morgan fingerprint density at radius 2 is 2.33 bits per heavy atom. The van der Waals surface area contributed by atoms with E-state index in [0.29, 0.717) is 24.7 Å². The molecule has 4 nitrogen and oxygen atoms in total. The topological polar surface area (TPSA) is 55.6 Å². The summed E-state index contributed by atoms with van der Waals surface area (Å²) in [4.78, 5) is 16.4. The number of ether oxygens (including phenoxy) is 1. The predicted octanol–water partition coefficient (Wildman–Crippen LogP) is 1.49. The van der Waals surface area contributed by atoms with E-state index in [1.165, 1.54) is 16.2 Å². The van der Waals surface area contributed by atoms with Crippen molar-refractivity contribution in [3.8, 4) is 0 Å². The maximum atomic E-state index is 12.3. The van der Waals surface area contributed by atoms with Gasteiger partial charge in [0.15, 0.2) is 0 Å². The fourth-order valence-electron chi connectivity index (χ4n) is 1.84. The quantitative estimate of drug-likeness (QED) is 0.836. The number of amides is 1. The van der Waals surface area contributed by atoms with Crippen molar-refractivity contribution in [2.24, 2.45) is 5.73 Å². The Balaban J connectivity index is 2.11. The van der Waals surface area contributed by atoms with Crippen LogP contribution in [0.1, 0.15) is 20.1 Å². The smallest absolute Gasteiger partial charge is 0.264 e. The van der Waals surface area contributed by atoms with E-state index in [-0.39, 0.29) is 12.0 Å². The highest BCUT2D eigenvalue weighted by Gasteiger charge is 2.27. The average Bonchev–Trinajstić information content (AvgIpc) is 2.69. The van der Waals surface area contributed by atoms with Gasteiger partial charge in [-0.3, -0.25) is 4.79 Å². The van der Waals surface area contributed by atoms with Crippen molar-refractivity contribution in [2.75, 3.05) is 19.7 Å². The number of rotatable bonds is 2. The van der Waals surface area contributed by atoms with Crippen LogP contribution in [0.15, 0.2) is 6.07 Å². The van der Waals surface area contributed by atoms with Crippen LogP contribution < -0.4 is 5.73 Å². The van der Waals surface area contributed by atoms with E-state index in [1.54, 1.807) is 4.90 Å². The van der Waals surface area contributed by atoms with Gasteiger partial charge in [0.1, 0.15) is 11.1 Å². The largest absolute Gasteiger partial charge is 0.391 e. The maximum absolute atomic E-state index is 12.3. The van der Waals surface area contributed by atoms with E-state index in [0.717, 1.165) is 10.4 Å². The normalized spacial score (nSPS) is 19.9. The van der Waals surface area contributed by atoms with Crippen molar-refractivity contribution in [3.05, 3.63) is 21.4 Å². The molecule has 2 N–H and O–H groups in total. The third-order valence-corrected chi connectivity index (χ3v) is 4.45. The van der Waals surface area contributed by atoms with E-state index < -0.39 is 0 Å². The Hall–Kier alpha value is -0.980. The third-order valence-electron chi connectivity index (χ3n) is 3.05. The first-order chi connectivity index (χ1) is 8.49. The number of hydrogen-bond acceptors (Lipinski definition) is 4. The van der Waals surface area contributed by atoms with Gasteiger partial charge in [0.2, 0.25) is 0 Å². The molecule has 6 heteroatoms. The number of nitrogens with zero attached hydrogens (tertiary/aromatic N) is 1. The third kappa shape index (κ3) is 2.71. The average molecular weight is 284 g/mol. The molecule has 2 heterocycles. The van der Waals surface area contributed by atoms with Gasteiger partial charge in [0.25, 0.3) is 5.91 Å². The van der Waals surface area contributed by atoms with Gasteiger partial charge < -0.3 is 15.4 Å². The number of aryl methyl sites for hydroxylation is 2. The fraction of sp³-hybridized carbons (Fsp3) is 0.500. The van der Waals surface area contributed by atoms with Crippen molar-refractivity contribution in [1.29, 1.82) is 0 Å². The molecule has 0 spiro atoms. The van der Waals surface area contributed by atoms with Crippen molar-refractivity contribution < 1.29 is 9.53 Å². The first kappa shape index (κ1) is 13.5. The van der Waals surface area contributed by atoms with Crippen LogP contribution in [0.25, 0.3) is 0 Å². The van der Waals surface area contributed by atoms with Gasteiger partial charge in [0.05, 0.1) is 18.0 Å². The zero-order valence-electron chi connectivity index (χ0n) is 10.4. The lowest BCUT2D eigenvalue weighted by Crippen LogP contribution is -2.49. The number of nitrogens with two attached hydrogens (primary N) is 1. The molecule has 1 aromatic heterocycles. The summed E-state index contributed by atoms with van der Waals surface area (Å²) in [7, 11) is 0. The summed E-state index contributed by atoms with van der Waals surface area (Å²) in [6.07, 6.45) is -0.320. The molecule has 0 aliphatic carbocycles. The number of carbonyl (C=O) groups is 1. The molecule has 1 aliphatic heterocycles. The summed E-state index contributed by atoms with van der Waals surface area (Å²) < 4.78 is 5.43. The molecule has 2 rings (SSSR count). The van der Waals surface area contributed by atoms with Crippen LogP contribution in [-0.2, 0) is 4.74 Å². The Bertz CT molecular complexity index is 465. The molecule has 98 valence electrons. The van der Waals surface area contributed by atoms with E-state index in [9.17, 15) is 4.79 Å². The Labute approximate surface area is 116 Å². The Morgan fingerprint density at radius 1 is 1.61 bits per heavy atom. The fourth-order valence-corrected chi connectivity index (χ4v) is 2.98. The first-order valence-corrected chi connectivity index (χ1v) is 6.98. The number of carbonyl (C=O) groups excluding carboxylic acids is 1. The highest BCUT2D eigenvalue weighted by Crippen LogP contribution is 2.22. The molecule has 1 fully saturated rings. The van der Waals surface area contributed by atoms with Crippen molar-refractivity contribution in [2.45, 2.75) is 20.0 Å². The van der Waals surface area contributed by atoms with Crippen molar-refractivity contribution in [3.63, 3.8) is 0 Å². The number of thiocarbonyl (C=S) groups is 1. The minimum Gasteiger partial charge on any atom is -0.391 e. The van der Waals surface area contributed by atoms with Gasteiger partial charge >= 0.3 is 0 Å². The molecular weight excluding hydrogens is 268 g/mol. The molecule has 0 radical (unpaired) electrons. The van der Waals surface area contributed by atoms with Crippen LogP contribution in [-0.4, -0.2) is 41.6 Å². The zero-order chi connectivity index (χ0) is 13.3. The van der Waals surface area contributed by atoms with Crippen LogP contribution >= 0.6 is 23.6 Å². The minimum absolute atomic E-state index is 0.0424. The molecule has 18 heavy (non-hydrogen) atoms. The predicted molar refractivity (Wildman–Crippen MR) is 76.2 cm³/mol. The molecule has 1 aromatic rings. The van der Waals surface area contributed by atoms with Crippen LogP contribution in [0, 0.1) is 13.8 Å². The first-order valence-electron chi connectivity index (χ1n) is 5.76. The van der Waals surface area contributed by atoms with E-state index in [1.807, 2.05) is 19.9 Å². The summed E-state index contributed by atoms with van der Waals surface area (Å²) in [6.45, 7) is 5.56. The van der Waals surface area contributed by atoms with E-state index >= 15 is 0 Å². The highest BCUT2D eigenvalue weighted by atomic mass is 32.1. The van der Waals surface area contributed by atoms with Gasteiger partial charge in [-0.1, -0.05) is 12.2 Å². The van der Waals surface area contributed by atoms with Crippen LogP contribution in [0.4, 0.5) is 0 Å². The van der Waals surface area contributed by atoms with Gasteiger partial charge in [-0.25, -0.2) is 0 Å². The van der Waals surface area contributed by atoms with Crippen LogP contribution in [0.5, 0.6) is 0 Å². The molecule has 0 aromatic carbocycles. The van der Waals surface area contributed by atoms with Crippen molar-refractivity contribution >= 4 is 34.5 Å². The minimum atomic E-state index is -0.320. The molecular formula is C12H16N2O2S2. The number of thiophene rings is 1. The van der Waals surface area contributed by atoms with Gasteiger partial charge in [-0.2, -0.15) is 0 Å². The summed E-state index contributed by atoms with van der Waals surface area (Å²) in [5.41, 5.74) is 6.72. The second kappa shape index (κ2) is 5.34. The summed E-state index contributed by atoms with van der Waals surface area (Å²) in [5, 5.41) is 0. The molecule has 1 saturated heterocycles. The SMILES string of the molecule is Cc1cc(C(=O)N2CCOC(C(N)=S)C2)sc1C. The monoisotopic (exact) mass is 284 g/mol. The maximum Gasteiger partial charge on any atom is 0.264 e. The molecule has 1 aliphatic rings. The lowest BCUT2D eigenvalue weighted by molar-refractivity contribution is 0.00903. The van der Waals surface area contributed by atoms with Gasteiger partial charge in [0, 0.05) is 11.4 Å². The second-order valence-electron chi connectivity index (χ2n) is 4.36. The van der Waals surface area contributed by atoms with E-state index in [2.05, 4.69) is 0 Å². The molecule has 1 unspecified atom stereocenters. The lowest BCUT2D eigenvalue weighted by Gasteiger charge is -2.32. The summed E-state index contributed by atoms with van der Waals surface area (Å²) in [6, 6.07) is 1.94. The standard InChI is InChI=1S/C12H16N2O2S2/c1-7-5-10(18-8(7)2)12(15)14-3-4-16-9(6-14)11(13)17/h5,9H,3-4,6H2,1-2H3,(H2,13,17). The van der Waals surface area contributed by atoms with Crippen LogP contribution in [0.3, 0.4) is 0 Å². The molecule has 1 atom stereocenters. The zero-order valence-corrected chi connectivity index (χ0v) is 12.1. The van der Waals surface area contributed by atoms with Gasteiger partial charge in [-0.05, 0) is 25.5 Å². The van der Waals surface area contributed by atoms with Crippen LogP contribution in [0.2, 0.25) is 0 Å². The molecule has 0 saturated carbocycles. The molecule has 0 bridgehead atoms. The summed E-state index contributed by atoms with van der Waals surface area (Å²) in [5.74, 6) is 0.0424. The van der Waals surface area contributed by atoms with Gasteiger partial charge in [-0.15, -0.1) is 11.3 Å². The van der Waals surface area contributed by atoms with Crippen molar-refractivity contribution in [1.82, 2.24) is 4.90 Å².